The highest BCUT2D eigenvalue weighted by atomic mass is 16.7. The monoisotopic (exact) mass is 296 g/mol. The lowest BCUT2D eigenvalue weighted by Gasteiger charge is -2.28. The van der Waals surface area contributed by atoms with Crippen molar-refractivity contribution in [3.8, 4) is 0 Å². The zero-order valence-corrected chi connectivity index (χ0v) is 13.1. The molecule has 0 bridgehead atoms. The van der Waals surface area contributed by atoms with Crippen LogP contribution in [0.25, 0.3) is 0 Å². The molecule has 0 spiro atoms. The van der Waals surface area contributed by atoms with Crippen molar-refractivity contribution >= 4 is 0 Å². The van der Waals surface area contributed by atoms with Crippen LogP contribution in [0, 0.1) is 5.21 Å². The van der Waals surface area contributed by atoms with Gasteiger partial charge in [0.2, 0.25) is 5.28 Å². The minimum atomic E-state index is -0.292. The molecule has 118 valence electrons. The van der Waals surface area contributed by atoms with Crippen LogP contribution >= 0.6 is 0 Å². The molecule has 1 aromatic heterocycles. The second kappa shape index (κ2) is 6.28. The molecule has 1 aliphatic carbocycles. The van der Waals surface area contributed by atoms with Gasteiger partial charge in [0.05, 0.1) is 29.8 Å². The van der Waals surface area contributed by atoms with E-state index in [1.54, 1.807) is 13.2 Å². The first kappa shape index (κ1) is 15.5. The van der Waals surface area contributed by atoms with Gasteiger partial charge in [-0.05, 0) is 46.5 Å². The van der Waals surface area contributed by atoms with Gasteiger partial charge in [-0.2, -0.15) is 0 Å². The van der Waals surface area contributed by atoms with Crippen LogP contribution in [-0.2, 0) is 4.84 Å². The molecule has 0 unspecified atom stereocenters. The second-order valence-corrected chi connectivity index (χ2v) is 6.45. The summed E-state index contributed by atoms with van der Waals surface area (Å²) in [6.07, 6.45) is 7.20. The molecule has 0 atom stereocenters. The summed E-state index contributed by atoms with van der Waals surface area (Å²) in [5.74, 6) is 0. The molecule has 0 amide bonds. The van der Waals surface area contributed by atoms with Crippen LogP contribution in [0.3, 0.4) is 0 Å². The topological polar surface area (TPSA) is 81.6 Å². The van der Waals surface area contributed by atoms with E-state index >= 15 is 0 Å². The number of hydrogen-bond acceptors (Lipinski definition) is 5. The Balaban J connectivity index is 1.81. The summed E-state index contributed by atoms with van der Waals surface area (Å²) >= 11 is 0. The predicted octanol–water partition coefficient (Wildman–Crippen LogP) is 2.30. The van der Waals surface area contributed by atoms with Gasteiger partial charge in [-0.25, -0.2) is 4.68 Å². The third kappa shape index (κ3) is 4.05. The third-order valence-electron chi connectivity index (χ3n) is 3.95. The molecular formula is C13H24N6O2. The van der Waals surface area contributed by atoms with Gasteiger partial charge in [-0.15, -0.1) is 10.1 Å². The van der Waals surface area contributed by atoms with E-state index in [1.807, 2.05) is 31.6 Å². The standard InChI is InChI=1S/C13H24N6O2/c1-13(2,3)17(4)19(20)16-21-12-7-5-11(6-8-12)18-10-9-14-15-18/h9-12H,5-8H2,1-4H3/b19-16-/t11-,12-. The van der Waals surface area contributed by atoms with Gasteiger partial charge in [0.25, 0.3) is 0 Å². The van der Waals surface area contributed by atoms with Crippen molar-refractivity contribution in [3.05, 3.63) is 17.6 Å². The van der Waals surface area contributed by atoms with Crippen LogP contribution in [0.4, 0.5) is 0 Å². The van der Waals surface area contributed by atoms with Gasteiger partial charge in [-0.3, -0.25) is 0 Å². The quantitative estimate of drug-likeness (QED) is 0.484. The van der Waals surface area contributed by atoms with Crippen LogP contribution < -0.4 is 0 Å². The fourth-order valence-electron chi connectivity index (χ4n) is 2.25. The van der Waals surface area contributed by atoms with Crippen LogP contribution in [0.2, 0.25) is 0 Å². The van der Waals surface area contributed by atoms with Gasteiger partial charge >= 0.3 is 0 Å². The van der Waals surface area contributed by atoms with Crippen molar-refractivity contribution in [1.29, 1.82) is 0 Å². The minimum absolute atomic E-state index is 0.00501. The summed E-state index contributed by atoms with van der Waals surface area (Å²) in [6, 6.07) is 0.368. The van der Waals surface area contributed by atoms with Crippen LogP contribution in [0.1, 0.15) is 52.5 Å². The first-order valence-corrected chi connectivity index (χ1v) is 7.31. The first-order chi connectivity index (χ1) is 9.88. The molecule has 8 heteroatoms. The Labute approximate surface area is 124 Å². The molecule has 1 heterocycles. The Morgan fingerprint density at radius 1 is 1.33 bits per heavy atom. The van der Waals surface area contributed by atoms with Gasteiger partial charge in [0.15, 0.2) is 0 Å². The maximum absolute atomic E-state index is 11.8. The molecule has 1 aliphatic rings. The summed E-state index contributed by atoms with van der Waals surface area (Å²) in [6.45, 7) is 5.82. The Morgan fingerprint density at radius 2 is 2.00 bits per heavy atom. The van der Waals surface area contributed by atoms with E-state index in [-0.39, 0.29) is 11.6 Å². The Morgan fingerprint density at radius 3 is 2.52 bits per heavy atom. The predicted molar refractivity (Wildman–Crippen MR) is 76.0 cm³/mol. The SMILES string of the molecule is CN(/[N+]([O-])=N/O[C@H]1CC[C@H](n2ccnn2)CC1)C(C)(C)C. The molecule has 1 saturated carbocycles. The fraction of sp³-hybridized carbons (Fsp3) is 0.846. The highest BCUT2D eigenvalue weighted by Gasteiger charge is 2.27. The lowest BCUT2D eigenvalue weighted by molar-refractivity contribution is -0.720. The van der Waals surface area contributed by atoms with Crippen molar-refractivity contribution in [3.63, 3.8) is 0 Å². The summed E-state index contributed by atoms with van der Waals surface area (Å²) < 4.78 is 1.89. The Kier molecular flexibility index (Phi) is 4.64. The van der Waals surface area contributed by atoms with Crippen molar-refractivity contribution in [1.82, 2.24) is 20.0 Å². The van der Waals surface area contributed by atoms with Gasteiger partial charge < -0.3 is 10.0 Å². The third-order valence-corrected chi connectivity index (χ3v) is 3.95. The average molecular weight is 296 g/mol. The van der Waals surface area contributed by atoms with Crippen molar-refractivity contribution in [2.75, 3.05) is 7.05 Å². The Bertz CT molecular complexity index is 460. The summed E-state index contributed by atoms with van der Waals surface area (Å²) in [5, 5.41) is 24.8. The maximum Gasteiger partial charge on any atom is 0.233 e. The van der Waals surface area contributed by atoms with Gasteiger partial charge in [0, 0.05) is 6.20 Å². The van der Waals surface area contributed by atoms with Crippen molar-refractivity contribution in [2.24, 2.45) is 5.28 Å². The zero-order valence-electron chi connectivity index (χ0n) is 13.1. The smallest absolute Gasteiger partial charge is 0.233 e. The largest absolute Gasteiger partial charge is 0.569 e. The molecule has 1 fully saturated rings. The molecule has 0 N–H and O–H groups in total. The average Bonchev–Trinajstić information content (AvgIpc) is 2.97. The zero-order chi connectivity index (χ0) is 15.5. The minimum Gasteiger partial charge on any atom is -0.569 e. The molecule has 0 radical (unpaired) electrons. The van der Waals surface area contributed by atoms with E-state index in [9.17, 15) is 5.21 Å². The van der Waals surface area contributed by atoms with Crippen LogP contribution in [0.15, 0.2) is 17.7 Å². The van der Waals surface area contributed by atoms with Crippen LogP contribution in [-0.4, -0.2) is 43.7 Å². The van der Waals surface area contributed by atoms with Gasteiger partial charge in [-0.1, -0.05) is 5.21 Å². The van der Waals surface area contributed by atoms with E-state index < -0.39 is 0 Å². The molecule has 0 aliphatic heterocycles. The molecule has 21 heavy (non-hydrogen) atoms. The molecule has 0 aromatic carbocycles. The molecule has 0 saturated heterocycles. The highest BCUT2D eigenvalue weighted by Crippen LogP contribution is 2.29. The van der Waals surface area contributed by atoms with Crippen molar-refractivity contribution < 1.29 is 9.81 Å². The number of nitrogens with zero attached hydrogens (tertiary/aromatic N) is 6. The molecule has 8 nitrogen and oxygen atoms in total. The maximum atomic E-state index is 11.8. The van der Waals surface area contributed by atoms with Gasteiger partial charge in [0.1, 0.15) is 6.10 Å². The van der Waals surface area contributed by atoms with Crippen LogP contribution in [0.5, 0.6) is 0 Å². The highest BCUT2D eigenvalue weighted by molar-refractivity contribution is 4.78. The molecule has 2 rings (SSSR count). The van der Waals surface area contributed by atoms with E-state index in [2.05, 4.69) is 15.6 Å². The number of hydrazine groups is 1. The summed E-state index contributed by atoms with van der Waals surface area (Å²) in [4.78, 5) is 5.90. The Hall–Kier alpha value is -1.86. The number of hydrogen-bond donors (Lipinski definition) is 0. The lowest BCUT2D eigenvalue weighted by Crippen LogP contribution is -2.42. The normalized spacial score (nSPS) is 23.9. The second-order valence-electron chi connectivity index (χ2n) is 6.45. The number of aromatic nitrogens is 3. The molecule has 1 aromatic rings. The van der Waals surface area contributed by atoms with E-state index in [0.29, 0.717) is 11.0 Å². The number of rotatable bonds is 4. The molecular weight excluding hydrogens is 272 g/mol. The first-order valence-electron chi connectivity index (χ1n) is 7.31. The van der Waals surface area contributed by atoms with E-state index in [4.69, 9.17) is 4.84 Å². The van der Waals surface area contributed by atoms with E-state index in [1.165, 1.54) is 5.01 Å². The summed E-state index contributed by atoms with van der Waals surface area (Å²) in [7, 11) is 1.70. The van der Waals surface area contributed by atoms with Crippen molar-refractivity contribution in [2.45, 2.75) is 64.1 Å². The lowest BCUT2D eigenvalue weighted by atomic mass is 9.93. The van der Waals surface area contributed by atoms with E-state index in [0.717, 1.165) is 25.7 Å². The summed E-state index contributed by atoms with van der Waals surface area (Å²) in [5.41, 5.74) is -0.292. The fourth-order valence-corrected chi connectivity index (χ4v) is 2.25.